The fraction of sp³-hybridized carbons (Fsp3) is 0.474. The average molecular weight is 344 g/mol. The van der Waals surface area contributed by atoms with Gasteiger partial charge in [-0.3, -0.25) is 9.48 Å². The van der Waals surface area contributed by atoms with Crippen LogP contribution in [0.15, 0.2) is 36.7 Å². The van der Waals surface area contributed by atoms with Gasteiger partial charge in [0.1, 0.15) is 0 Å². The number of hydrogen-bond donors (Lipinski definition) is 0. The molecule has 3 atom stereocenters. The van der Waals surface area contributed by atoms with E-state index in [2.05, 4.69) is 28.3 Å². The van der Waals surface area contributed by atoms with Crippen molar-refractivity contribution in [1.82, 2.24) is 14.7 Å². The van der Waals surface area contributed by atoms with E-state index in [-0.39, 0.29) is 5.92 Å². The topological polar surface area (TPSA) is 38.1 Å². The predicted molar refractivity (Wildman–Crippen MR) is 93.9 cm³/mol. The molecule has 1 aliphatic carbocycles. The number of benzene rings is 1. The Bertz CT molecular complexity index is 739. The van der Waals surface area contributed by atoms with Crippen molar-refractivity contribution in [2.75, 3.05) is 13.1 Å². The second-order valence-electron chi connectivity index (χ2n) is 7.17. The zero-order valence-electron chi connectivity index (χ0n) is 13.9. The molecule has 4 nitrogen and oxygen atoms in total. The molecule has 1 aromatic heterocycles. The number of halogens is 1. The van der Waals surface area contributed by atoms with Gasteiger partial charge in [0, 0.05) is 37.3 Å². The number of likely N-dealkylation sites (tertiary alicyclic amines) is 1. The number of carbonyl (C=O) groups is 1. The number of aryl methyl sites for hydroxylation is 1. The molecule has 1 amide bonds. The number of hydrogen-bond acceptors (Lipinski definition) is 2. The highest BCUT2D eigenvalue weighted by molar-refractivity contribution is 6.30. The van der Waals surface area contributed by atoms with E-state index < -0.39 is 0 Å². The van der Waals surface area contributed by atoms with Crippen molar-refractivity contribution in [3.05, 3.63) is 52.8 Å². The Kier molecular flexibility index (Phi) is 4.09. The predicted octanol–water partition coefficient (Wildman–Crippen LogP) is 3.27. The van der Waals surface area contributed by atoms with Gasteiger partial charge in [-0.15, -0.1) is 0 Å². The van der Waals surface area contributed by atoms with Crippen LogP contribution in [0, 0.1) is 11.8 Å². The number of carbonyl (C=O) groups excluding carboxylic acids is 1. The van der Waals surface area contributed by atoms with Gasteiger partial charge >= 0.3 is 0 Å². The minimum Gasteiger partial charge on any atom is -0.342 e. The molecule has 2 heterocycles. The SMILES string of the molecule is Cn1cc(CC2CCN(C(=O)C3CC3c3ccc(Cl)cc3)C2)cn1. The average Bonchev–Trinajstić information content (AvgIpc) is 3.05. The molecule has 0 radical (unpaired) electrons. The molecular formula is C19H22ClN3O. The maximum Gasteiger partial charge on any atom is 0.226 e. The van der Waals surface area contributed by atoms with Gasteiger partial charge in [-0.25, -0.2) is 0 Å². The summed E-state index contributed by atoms with van der Waals surface area (Å²) in [5.74, 6) is 1.45. The van der Waals surface area contributed by atoms with Crippen LogP contribution in [0.2, 0.25) is 5.02 Å². The van der Waals surface area contributed by atoms with Crippen molar-refractivity contribution in [3.8, 4) is 0 Å². The second kappa shape index (κ2) is 6.25. The van der Waals surface area contributed by atoms with Crippen molar-refractivity contribution < 1.29 is 4.79 Å². The van der Waals surface area contributed by atoms with Crippen molar-refractivity contribution in [2.24, 2.45) is 18.9 Å². The molecule has 0 spiro atoms. The zero-order valence-corrected chi connectivity index (χ0v) is 14.6. The van der Waals surface area contributed by atoms with Crippen molar-refractivity contribution >= 4 is 17.5 Å². The lowest BCUT2D eigenvalue weighted by Crippen LogP contribution is -2.30. The molecular weight excluding hydrogens is 322 g/mol. The summed E-state index contributed by atoms with van der Waals surface area (Å²) in [5, 5.41) is 4.98. The third kappa shape index (κ3) is 3.20. The highest BCUT2D eigenvalue weighted by atomic mass is 35.5. The highest BCUT2D eigenvalue weighted by Gasteiger charge is 2.46. The Morgan fingerprint density at radius 3 is 2.83 bits per heavy atom. The molecule has 2 aliphatic rings. The molecule has 5 heteroatoms. The summed E-state index contributed by atoms with van der Waals surface area (Å²) in [4.78, 5) is 14.8. The fourth-order valence-corrected chi connectivity index (χ4v) is 4.02. The molecule has 1 saturated carbocycles. The van der Waals surface area contributed by atoms with Crippen molar-refractivity contribution in [2.45, 2.75) is 25.2 Å². The van der Waals surface area contributed by atoms with Gasteiger partial charge in [0.2, 0.25) is 5.91 Å². The van der Waals surface area contributed by atoms with Crippen LogP contribution in [0.3, 0.4) is 0 Å². The molecule has 1 saturated heterocycles. The van der Waals surface area contributed by atoms with E-state index in [9.17, 15) is 4.79 Å². The summed E-state index contributed by atoms with van der Waals surface area (Å²) >= 11 is 5.94. The maximum absolute atomic E-state index is 12.7. The van der Waals surface area contributed by atoms with Crippen LogP contribution in [-0.4, -0.2) is 33.7 Å². The van der Waals surface area contributed by atoms with Gasteiger partial charge in [0.05, 0.1) is 6.20 Å². The van der Waals surface area contributed by atoms with Crippen LogP contribution >= 0.6 is 11.6 Å². The van der Waals surface area contributed by atoms with E-state index in [0.29, 0.717) is 17.7 Å². The summed E-state index contributed by atoms with van der Waals surface area (Å²) in [5.41, 5.74) is 2.51. The number of rotatable bonds is 4. The fourth-order valence-electron chi connectivity index (χ4n) is 3.89. The third-order valence-electron chi connectivity index (χ3n) is 5.29. The van der Waals surface area contributed by atoms with E-state index in [4.69, 9.17) is 11.6 Å². The molecule has 1 aromatic carbocycles. The van der Waals surface area contributed by atoms with Gasteiger partial charge in [0.25, 0.3) is 0 Å². The second-order valence-corrected chi connectivity index (χ2v) is 7.60. The van der Waals surface area contributed by atoms with Crippen LogP contribution < -0.4 is 0 Å². The molecule has 126 valence electrons. The molecule has 0 bridgehead atoms. The van der Waals surface area contributed by atoms with E-state index in [0.717, 1.165) is 37.4 Å². The lowest BCUT2D eigenvalue weighted by atomic mass is 10.0. The summed E-state index contributed by atoms with van der Waals surface area (Å²) in [7, 11) is 1.94. The molecule has 2 fully saturated rings. The van der Waals surface area contributed by atoms with Crippen LogP contribution in [0.4, 0.5) is 0 Å². The highest BCUT2D eigenvalue weighted by Crippen LogP contribution is 2.49. The Hall–Kier alpha value is -1.81. The first-order chi connectivity index (χ1) is 11.6. The Morgan fingerprint density at radius 1 is 1.33 bits per heavy atom. The van der Waals surface area contributed by atoms with Gasteiger partial charge in [-0.1, -0.05) is 23.7 Å². The lowest BCUT2D eigenvalue weighted by molar-refractivity contribution is -0.131. The number of amides is 1. The monoisotopic (exact) mass is 343 g/mol. The van der Waals surface area contributed by atoms with E-state index in [1.54, 1.807) is 0 Å². The van der Waals surface area contributed by atoms with Crippen molar-refractivity contribution in [3.63, 3.8) is 0 Å². The van der Waals surface area contributed by atoms with E-state index >= 15 is 0 Å². The van der Waals surface area contributed by atoms with Gasteiger partial charge in [-0.05, 0) is 54.4 Å². The molecule has 1 aliphatic heterocycles. The van der Waals surface area contributed by atoms with Gasteiger partial charge in [0.15, 0.2) is 0 Å². The Balaban J connectivity index is 1.32. The summed E-state index contributed by atoms with van der Waals surface area (Å²) in [6.45, 7) is 1.78. The maximum atomic E-state index is 12.7. The van der Waals surface area contributed by atoms with Gasteiger partial charge in [-0.2, -0.15) is 5.10 Å². The number of aromatic nitrogens is 2. The Morgan fingerprint density at radius 2 is 2.12 bits per heavy atom. The molecule has 3 unspecified atom stereocenters. The largest absolute Gasteiger partial charge is 0.342 e. The van der Waals surface area contributed by atoms with Crippen LogP contribution in [0.5, 0.6) is 0 Å². The molecule has 0 N–H and O–H groups in total. The molecule has 24 heavy (non-hydrogen) atoms. The summed E-state index contributed by atoms with van der Waals surface area (Å²) in [6.07, 6.45) is 7.09. The molecule has 2 aromatic rings. The van der Waals surface area contributed by atoms with Gasteiger partial charge < -0.3 is 4.90 Å². The van der Waals surface area contributed by atoms with Crippen LogP contribution in [-0.2, 0) is 18.3 Å². The normalized spacial score (nSPS) is 25.9. The zero-order chi connectivity index (χ0) is 16.7. The van der Waals surface area contributed by atoms with E-state index in [1.807, 2.05) is 30.1 Å². The minimum atomic E-state index is 0.170. The number of nitrogens with zero attached hydrogens (tertiary/aromatic N) is 3. The minimum absolute atomic E-state index is 0.170. The summed E-state index contributed by atoms with van der Waals surface area (Å²) in [6, 6.07) is 7.93. The lowest BCUT2D eigenvalue weighted by Gasteiger charge is -2.16. The van der Waals surface area contributed by atoms with Crippen LogP contribution in [0.25, 0.3) is 0 Å². The third-order valence-corrected chi connectivity index (χ3v) is 5.54. The standard InChI is InChI=1S/C19H22ClN3O/c1-22-11-14(10-21-22)8-13-6-7-23(12-13)19(24)18-9-17(18)15-2-4-16(20)5-3-15/h2-5,10-11,13,17-18H,6-9,12H2,1H3. The molecule has 4 rings (SSSR count). The van der Waals surface area contributed by atoms with Crippen LogP contribution in [0.1, 0.15) is 29.9 Å². The first-order valence-electron chi connectivity index (χ1n) is 8.62. The quantitative estimate of drug-likeness (QED) is 0.854. The first kappa shape index (κ1) is 15.7. The van der Waals surface area contributed by atoms with E-state index in [1.165, 1.54) is 11.1 Å². The first-order valence-corrected chi connectivity index (χ1v) is 8.99. The summed E-state index contributed by atoms with van der Waals surface area (Å²) < 4.78 is 1.84. The smallest absolute Gasteiger partial charge is 0.226 e. The Labute approximate surface area is 147 Å². The van der Waals surface area contributed by atoms with Crippen molar-refractivity contribution in [1.29, 1.82) is 0 Å².